The summed E-state index contributed by atoms with van der Waals surface area (Å²) < 4.78 is 23.3. The van der Waals surface area contributed by atoms with Crippen LogP contribution in [0.3, 0.4) is 0 Å². The lowest BCUT2D eigenvalue weighted by atomic mass is 9.96. The maximum Gasteiger partial charge on any atom is 0.0720 e. The molecule has 0 bridgehead atoms. The van der Waals surface area contributed by atoms with Crippen LogP contribution < -0.4 is 0 Å². The second-order valence-corrected chi connectivity index (χ2v) is 13.9. The van der Waals surface area contributed by atoms with Crippen molar-refractivity contribution in [2.45, 2.75) is 134 Å². The average Bonchev–Trinajstić information content (AvgIpc) is 3.16. The Balaban J connectivity index is 0.000000284. The van der Waals surface area contributed by atoms with Crippen LogP contribution in [0.1, 0.15) is 119 Å². The average molecular weight is 709 g/mol. The largest absolute Gasteiger partial charge is 0.374 e. The number of hydrogen-bond acceptors (Lipinski definition) is 4. The third-order valence-electron chi connectivity index (χ3n) is 10.2. The molecule has 0 atom stereocenters. The molecule has 4 rings (SSSR count). The first-order chi connectivity index (χ1) is 25.2. The molecule has 284 valence electrons. The standard InChI is InChI=1S/C26H38O2.C22H30O2/c1-7-21-15-25(23(9-3)13-19(21)5)17-27-11-12-28-18-26-16-22(8-2)20(6)14-24(26)10-4;1-5-21-13-19(9-7-17(21)3)15-23-11-12-24-16-20-10-8-18(4)22(6-2)14-20/h13-16H,7-12,17-18H2,1-6H3;7-10,13-14H,5-6,11-12,15-16H2,1-4H3. The van der Waals surface area contributed by atoms with Crippen LogP contribution in [-0.2, 0) is 83.9 Å². The number of hydrogen-bond donors (Lipinski definition) is 0. The molecule has 4 aromatic carbocycles. The van der Waals surface area contributed by atoms with E-state index in [1.54, 1.807) is 0 Å². The van der Waals surface area contributed by atoms with Crippen molar-refractivity contribution in [2.75, 3.05) is 26.4 Å². The van der Waals surface area contributed by atoms with Gasteiger partial charge in [0, 0.05) is 0 Å². The molecule has 0 unspecified atom stereocenters. The van der Waals surface area contributed by atoms with E-state index in [0.717, 1.165) is 38.5 Å². The molecule has 0 spiro atoms. The van der Waals surface area contributed by atoms with Crippen molar-refractivity contribution in [3.63, 3.8) is 0 Å². The first-order valence-corrected chi connectivity index (χ1v) is 19.9. The van der Waals surface area contributed by atoms with Crippen LogP contribution >= 0.6 is 0 Å². The van der Waals surface area contributed by atoms with Gasteiger partial charge in [0.05, 0.1) is 52.9 Å². The fourth-order valence-electron chi connectivity index (χ4n) is 6.79. The lowest BCUT2D eigenvalue weighted by molar-refractivity contribution is 0.0334. The summed E-state index contributed by atoms with van der Waals surface area (Å²) in [6.07, 6.45) is 6.38. The molecule has 4 heteroatoms. The molecule has 0 fully saturated rings. The van der Waals surface area contributed by atoms with Gasteiger partial charge in [-0.2, -0.15) is 0 Å². The third-order valence-corrected chi connectivity index (χ3v) is 10.2. The normalized spacial score (nSPS) is 11.1. The number of benzene rings is 4. The maximum absolute atomic E-state index is 5.94. The zero-order chi connectivity index (χ0) is 37.9. The van der Waals surface area contributed by atoms with Gasteiger partial charge in [-0.15, -0.1) is 0 Å². The fourth-order valence-corrected chi connectivity index (χ4v) is 6.79. The van der Waals surface area contributed by atoms with E-state index >= 15 is 0 Å². The molecule has 0 heterocycles. The summed E-state index contributed by atoms with van der Waals surface area (Å²) in [7, 11) is 0. The predicted molar refractivity (Wildman–Crippen MR) is 220 cm³/mol. The Labute approximate surface area is 317 Å². The Morgan fingerprint density at radius 1 is 0.308 bits per heavy atom. The summed E-state index contributed by atoms with van der Waals surface area (Å²) in [5.41, 5.74) is 19.1. The van der Waals surface area contributed by atoms with Crippen LogP contribution in [0.15, 0.2) is 60.7 Å². The number of aryl methyl sites for hydroxylation is 10. The Morgan fingerprint density at radius 2 is 0.615 bits per heavy atom. The van der Waals surface area contributed by atoms with Crippen molar-refractivity contribution in [2.24, 2.45) is 0 Å². The van der Waals surface area contributed by atoms with E-state index in [-0.39, 0.29) is 0 Å². The van der Waals surface area contributed by atoms with Crippen LogP contribution in [0.25, 0.3) is 0 Å². The SMILES string of the molecule is CCc1cc(COCCOCc2cc(CC)c(C)cc2CC)c(CC)cc1C.CCc1cc(COCCOCc2ccc(C)c(CC)c2)ccc1C. The number of ether oxygens (including phenoxy) is 4. The molecule has 4 aromatic rings. The van der Waals surface area contributed by atoms with Crippen molar-refractivity contribution >= 4 is 0 Å². The molecule has 4 nitrogen and oxygen atoms in total. The zero-order valence-electron chi connectivity index (χ0n) is 34.3. The van der Waals surface area contributed by atoms with Crippen molar-refractivity contribution in [3.8, 4) is 0 Å². The molecule has 0 aliphatic carbocycles. The molecule has 52 heavy (non-hydrogen) atoms. The van der Waals surface area contributed by atoms with Gasteiger partial charge in [0.1, 0.15) is 0 Å². The van der Waals surface area contributed by atoms with Gasteiger partial charge in [-0.1, -0.05) is 102 Å². The van der Waals surface area contributed by atoms with Gasteiger partial charge in [0.15, 0.2) is 0 Å². The highest BCUT2D eigenvalue weighted by Gasteiger charge is 2.08. The van der Waals surface area contributed by atoms with Crippen LogP contribution in [-0.4, -0.2) is 26.4 Å². The van der Waals surface area contributed by atoms with E-state index in [2.05, 4.69) is 130 Å². The maximum atomic E-state index is 5.94. The Hall–Kier alpha value is -3.28. The lowest BCUT2D eigenvalue weighted by Crippen LogP contribution is -2.08. The summed E-state index contributed by atoms with van der Waals surface area (Å²) in [4.78, 5) is 0. The molecule has 0 amide bonds. The van der Waals surface area contributed by atoms with Crippen molar-refractivity contribution in [1.82, 2.24) is 0 Å². The van der Waals surface area contributed by atoms with Crippen LogP contribution in [0.5, 0.6) is 0 Å². The lowest BCUT2D eigenvalue weighted by Gasteiger charge is -2.15. The molecular formula is C48H68O4. The second-order valence-electron chi connectivity index (χ2n) is 13.9. The topological polar surface area (TPSA) is 36.9 Å². The molecule has 0 aliphatic heterocycles. The van der Waals surface area contributed by atoms with Crippen molar-refractivity contribution in [3.05, 3.63) is 139 Å². The van der Waals surface area contributed by atoms with Gasteiger partial charge in [-0.25, -0.2) is 0 Å². The highest BCUT2D eigenvalue weighted by molar-refractivity contribution is 5.39. The van der Waals surface area contributed by atoms with Crippen molar-refractivity contribution in [1.29, 1.82) is 0 Å². The molecule has 0 aliphatic rings. The van der Waals surface area contributed by atoms with Gasteiger partial charge >= 0.3 is 0 Å². The Kier molecular flexibility index (Phi) is 19.4. The Bertz CT molecular complexity index is 1530. The highest BCUT2D eigenvalue weighted by Crippen LogP contribution is 2.21. The van der Waals surface area contributed by atoms with E-state index in [0.29, 0.717) is 52.9 Å². The summed E-state index contributed by atoms with van der Waals surface area (Å²) >= 11 is 0. The molecule has 0 saturated heterocycles. The molecule has 0 aromatic heterocycles. The second kappa shape index (κ2) is 23.4. The minimum atomic E-state index is 0.627. The first-order valence-electron chi connectivity index (χ1n) is 19.9. The van der Waals surface area contributed by atoms with E-state index < -0.39 is 0 Å². The summed E-state index contributed by atoms with van der Waals surface area (Å²) in [5.74, 6) is 0. The summed E-state index contributed by atoms with van der Waals surface area (Å²) in [6, 6.07) is 22.4. The molecular weight excluding hydrogens is 641 g/mol. The quantitative estimate of drug-likeness (QED) is 0.0857. The van der Waals surface area contributed by atoms with E-state index in [1.165, 1.54) is 77.9 Å². The van der Waals surface area contributed by atoms with Gasteiger partial charge < -0.3 is 18.9 Å². The van der Waals surface area contributed by atoms with Crippen LogP contribution in [0.2, 0.25) is 0 Å². The van der Waals surface area contributed by atoms with Crippen molar-refractivity contribution < 1.29 is 18.9 Å². The number of rotatable bonds is 20. The van der Waals surface area contributed by atoms with Gasteiger partial charge in [-0.05, 0) is 144 Å². The molecule has 0 N–H and O–H groups in total. The van der Waals surface area contributed by atoms with E-state index in [4.69, 9.17) is 18.9 Å². The monoisotopic (exact) mass is 709 g/mol. The highest BCUT2D eigenvalue weighted by atomic mass is 16.5. The van der Waals surface area contributed by atoms with Gasteiger partial charge in [-0.3, -0.25) is 0 Å². The van der Waals surface area contributed by atoms with E-state index in [1.807, 2.05) is 0 Å². The smallest absolute Gasteiger partial charge is 0.0720 e. The molecule has 0 radical (unpaired) electrons. The zero-order valence-corrected chi connectivity index (χ0v) is 34.3. The summed E-state index contributed by atoms with van der Waals surface area (Å²) in [6.45, 7) is 27.1. The fraction of sp³-hybridized carbons (Fsp3) is 0.500. The van der Waals surface area contributed by atoms with Crippen LogP contribution in [0, 0.1) is 27.7 Å². The summed E-state index contributed by atoms with van der Waals surface area (Å²) in [5, 5.41) is 0. The molecule has 0 saturated carbocycles. The van der Waals surface area contributed by atoms with Crippen LogP contribution in [0.4, 0.5) is 0 Å². The van der Waals surface area contributed by atoms with Gasteiger partial charge in [0.2, 0.25) is 0 Å². The predicted octanol–water partition coefficient (Wildman–Crippen LogP) is 11.4. The minimum absolute atomic E-state index is 0.627. The van der Waals surface area contributed by atoms with E-state index in [9.17, 15) is 0 Å². The third kappa shape index (κ3) is 13.6. The minimum Gasteiger partial charge on any atom is -0.374 e. The first kappa shape index (κ1) is 43.1. The van der Waals surface area contributed by atoms with Gasteiger partial charge in [0.25, 0.3) is 0 Å². The Morgan fingerprint density at radius 3 is 0.942 bits per heavy atom.